The standard InChI is InChI=1S/C20H25NO3/c1-11-15(12(2)24-21-11)10-16-13-8-9-20(3)17(5-7-19(20)23)14(13)4-6-18(16)22/h14,17H,4-10H2,1-3H3. The van der Waals surface area contributed by atoms with Crippen molar-refractivity contribution in [3.63, 3.8) is 0 Å². The zero-order valence-corrected chi connectivity index (χ0v) is 14.8. The molecule has 3 aliphatic rings. The van der Waals surface area contributed by atoms with Gasteiger partial charge in [0.05, 0.1) is 5.69 Å². The van der Waals surface area contributed by atoms with Crippen LogP contribution >= 0.6 is 0 Å². The van der Waals surface area contributed by atoms with Crippen molar-refractivity contribution in [1.82, 2.24) is 5.16 Å². The topological polar surface area (TPSA) is 60.2 Å². The third-order valence-corrected chi connectivity index (χ3v) is 6.93. The van der Waals surface area contributed by atoms with E-state index in [1.165, 1.54) is 5.57 Å². The van der Waals surface area contributed by atoms with Gasteiger partial charge in [-0.3, -0.25) is 9.59 Å². The number of Topliss-reactive ketones (excluding diaryl/α,β-unsaturated/α-hetero) is 2. The number of nitrogens with zero attached hydrogens (tertiary/aromatic N) is 1. The van der Waals surface area contributed by atoms with E-state index in [1.54, 1.807) is 0 Å². The zero-order valence-electron chi connectivity index (χ0n) is 14.8. The Morgan fingerprint density at radius 1 is 1.17 bits per heavy atom. The van der Waals surface area contributed by atoms with Crippen molar-refractivity contribution in [3.8, 4) is 0 Å². The predicted octanol–water partition coefficient (Wildman–Crippen LogP) is 3.89. The molecule has 1 aromatic rings. The molecule has 3 aliphatic carbocycles. The Balaban J connectivity index is 1.73. The van der Waals surface area contributed by atoms with Crippen LogP contribution in [0.15, 0.2) is 15.7 Å². The third-order valence-electron chi connectivity index (χ3n) is 6.93. The number of fused-ring (bicyclic) bond motifs is 3. The number of aromatic nitrogens is 1. The highest BCUT2D eigenvalue weighted by Crippen LogP contribution is 2.57. The fourth-order valence-corrected chi connectivity index (χ4v) is 5.40. The molecule has 2 saturated carbocycles. The largest absolute Gasteiger partial charge is 0.361 e. The van der Waals surface area contributed by atoms with Crippen LogP contribution in [0.5, 0.6) is 0 Å². The van der Waals surface area contributed by atoms with Gasteiger partial charge < -0.3 is 4.52 Å². The average molecular weight is 327 g/mol. The first kappa shape index (κ1) is 15.8. The van der Waals surface area contributed by atoms with Gasteiger partial charge in [-0.05, 0) is 56.9 Å². The minimum atomic E-state index is -0.150. The third kappa shape index (κ3) is 2.15. The second kappa shape index (κ2) is 5.40. The van der Waals surface area contributed by atoms with Crippen LogP contribution in [0.25, 0.3) is 0 Å². The van der Waals surface area contributed by atoms with Crippen molar-refractivity contribution in [3.05, 3.63) is 28.2 Å². The summed E-state index contributed by atoms with van der Waals surface area (Å²) in [5, 5.41) is 4.03. The lowest BCUT2D eigenvalue weighted by Gasteiger charge is -2.45. The number of carbonyl (C=O) groups is 2. The summed E-state index contributed by atoms with van der Waals surface area (Å²) in [5.41, 5.74) is 4.11. The van der Waals surface area contributed by atoms with Crippen molar-refractivity contribution in [2.45, 2.75) is 65.7 Å². The van der Waals surface area contributed by atoms with Crippen molar-refractivity contribution in [2.24, 2.45) is 17.3 Å². The van der Waals surface area contributed by atoms with Crippen molar-refractivity contribution in [1.29, 1.82) is 0 Å². The van der Waals surface area contributed by atoms with Crippen LogP contribution in [0.2, 0.25) is 0 Å². The van der Waals surface area contributed by atoms with E-state index in [0.717, 1.165) is 54.7 Å². The van der Waals surface area contributed by atoms with Crippen molar-refractivity contribution < 1.29 is 14.1 Å². The number of ketones is 2. The molecule has 4 nitrogen and oxygen atoms in total. The normalized spacial score (nSPS) is 33.0. The van der Waals surface area contributed by atoms with Crippen LogP contribution < -0.4 is 0 Å². The lowest BCUT2D eigenvalue weighted by Crippen LogP contribution is -2.41. The second-order valence-corrected chi connectivity index (χ2v) is 8.04. The Labute approximate surface area is 142 Å². The van der Waals surface area contributed by atoms with Gasteiger partial charge in [0.2, 0.25) is 0 Å². The molecule has 0 aliphatic heterocycles. The van der Waals surface area contributed by atoms with Crippen LogP contribution in [0.3, 0.4) is 0 Å². The minimum absolute atomic E-state index is 0.150. The molecule has 0 N–H and O–H groups in total. The molecule has 0 spiro atoms. The highest BCUT2D eigenvalue weighted by molar-refractivity contribution is 5.98. The Morgan fingerprint density at radius 3 is 2.67 bits per heavy atom. The molecule has 3 unspecified atom stereocenters. The first-order valence-corrected chi connectivity index (χ1v) is 9.12. The van der Waals surface area contributed by atoms with E-state index in [-0.39, 0.29) is 11.2 Å². The van der Waals surface area contributed by atoms with Crippen molar-refractivity contribution in [2.75, 3.05) is 0 Å². The lowest BCUT2D eigenvalue weighted by atomic mass is 9.58. The fourth-order valence-electron chi connectivity index (χ4n) is 5.40. The molecule has 4 heteroatoms. The molecule has 4 rings (SSSR count). The maximum Gasteiger partial charge on any atom is 0.159 e. The molecule has 1 heterocycles. The summed E-state index contributed by atoms with van der Waals surface area (Å²) >= 11 is 0. The fraction of sp³-hybridized carbons (Fsp3) is 0.650. The first-order chi connectivity index (χ1) is 11.4. The van der Waals surface area contributed by atoms with Crippen LogP contribution in [0, 0.1) is 31.1 Å². The number of hydrogen-bond acceptors (Lipinski definition) is 4. The molecular weight excluding hydrogens is 302 g/mol. The van der Waals surface area contributed by atoms with Gasteiger partial charge >= 0.3 is 0 Å². The number of allylic oxidation sites excluding steroid dienone is 2. The van der Waals surface area contributed by atoms with E-state index >= 15 is 0 Å². The highest BCUT2D eigenvalue weighted by Gasteiger charge is 2.53. The summed E-state index contributed by atoms with van der Waals surface area (Å²) in [6.07, 6.45) is 5.70. The Kier molecular flexibility index (Phi) is 3.55. The maximum absolute atomic E-state index is 12.7. The molecular formula is C20H25NO3. The van der Waals surface area contributed by atoms with Crippen LogP contribution in [0.1, 0.15) is 62.5 Å². The van der Waals surface area contributed by atoms with E-state index in [1.807, 2.05) is 13.8 Å². The summed E-state index contributed by atoms with van der Waals surface area (Å²) in [5.74, 6) is 2.39. The summed E-state index contributed by atoms with van der Waals surface area (Å²) in [6.45, 7) is 6.02. The monoisotopic (exact) mass is 327 g/mol. The van der Waals surface area contributed by atoms with Crippen molar-refractivity contribution >= 4 is 11.6 Å². The molecule has 128 valence electrons. The zero-order chi connectivity index (χ0) is 17.1. The molecule has 0 aromatic carbocycles. The minimum Gasteiger partial charge on any atom is -0.361 e. The van der Waals surface area contributed by atoms with E-state index in [2.05, 4.69) is 12.1 Å². The predicted molar refractivity (Wildman–Crippen MR) is 89.5 cm³/mol. The van der Waals surface area contributed by atoms with Gasteiger partial charge in [0.15, 0.2) is 5.78 Å². The Hall–Kier alpha value is -1.71. The van der Waals surface area contributed by atoms with Crippen LogP contribution in [-0.4, -0.2) is 16.7 Å². The van der Waals surface area contributed by atoms with E-state index in [9.17, 15) is 9.59 Å². The molecule has 0 radical (unpaired) electrons. The molecule has 0 amide bonds. The Morgan fingerprint density at radius 2 is 1.96 bits per heavy atom. The van der Waals surface area contributed by atoms with E-state index in [4.69, 9.17) is 4.52 Å². The molecule has 3 atom stereocenters. The smallest absolute Gasteiger partial charge is 0.159 e. The second-order valence-electron chi connectivity index (χ2n) is 8.04. The number of rotatable bonds is 2. The van der Waals surface area contributed by atoms with E-state index < -0.39 is 0 Å². The molecule has 2 fully saturated rings. The summed E-state index contributed by atoms with van der Waals surface area (Å²) in [4.78, 5) is 25.1. The van der Waals surface area contributed by atoms with Gasteiger partial charge in [-0.1, -0.05) is 17.7 Å². The lowest BCUT2D eigenvalue weighted by molar-refractivity contribution is -0.128. The van der Waals surface area contributed by atoms with Gasteiger partial charge in [0.25, 0.3) is 0 Å². The summed E-state index contributed by atoms with van der Waals surface area (Å²) in [7, 11) is 0. The highest BCUT2D eigenvalue weighted by atomic mass is 16.5. The molecule has 0 bridgehead atoms. The molecule has 0 saturated heterocycles. The SMILES string of the molecule is Cc1noc(C)c1CC1=C2CCC3(C)C(=O)CCC3C2CCC1=O. The van der Waals surface area contributed by atoms with Gasteiger partial charge in [0, 0.05) is 30.2 Å². The van der Waals surface area contributed by atoms with Gasteiger partial charge in [0.1, 0.15) is 11.5 Å². The summed E-state index contributed by atoms with van der Waals surface area (Å²) < 4.78 is 5.28. The summed E-state index contributed by atoms with van der Waals surface area (Å²) in [6, 6.07) is 0. The quantitative estimate of drug-likeness (QED) is 0.827. The number of carbonyl (C=O) groups excluding carboxylic acids is 2. The van der Waals surface area contributed by atoms with Gasteiger partial charge in [-0.2, -0.15) is 0 Å². The van der Waals surface area contributed by atoms with Crippen LogP contribution in [-0.2, 0) is 16.0 Å². The molecule has 24 heavy (non-hydrogen) atoms. The number of aryl methyl sites for hydroxylation is 2. The first-order valence-electron chi connectivity index (χ1n) is 9.12. The Bertz CT molecular complexity index is 737. The average Bonchev–Trinajstić information content (AvgIpc) is 3.03. The van der Waals surface area contributed by atoms with E-state index in [0.29, 0.717) is 30.5 Å². The van der Waals surface area contributed by atoms with Crippen LogP contribution in [0.4, 0.5) is 0 Å². The van der Waals surface area contributed by atoms with Gasteiger partial charge in [-0.15, -0.1) is 0 Å². The van der Waals surface area contributed by atoms with Gasteiger partial charge in [-0.25, -0.2) is 0 Å². The number of hydrogen-bond donors (Lipinski definition) is 0. The molecule has 1 aromatic heterocycles. The maximum atomic E-state index is 12.7.